The molecule has 0 radical (unpaired) electrons. The molecule has 0 atom stereocenters. The summed E-state index contributed by atoms with van der Waals surface area (Å²) < 4.78 is 4.49. The molecule has 2 aromatic carbocycles. The zero-order chi connectivity index (χ0) is 23.7. The third-order valence-electron chi connectivity index (χ3n) is 6.10. The molecule has 1 N–H and O–H groups in total. The molecule has 1 aliphatic rings. The van der Waals surface area contributed by atoms with E-state index in [1.165, 1.54) is 11.3 Å². The largest absolute Gasteiger partial charge is 0.507 e. The molecule has 170 valence electrons. The lowest BCUT2D eigenvalue weighted by atomic mass is 10.0. The van der Waals surface area contributed by atoms with Crippen LogP contribution in [0.3, 0.4) is 0 Å². The van der Waals surface area contributed by atoms with E-state index in [-0.39, 0.29) is 17.9 Å². The van der Waals surface area contributed by atoms with Crippen LogP contribution in [-0.4, -0.2) is 24.4 Å². The van der Waals surface area contributed by atoms with E-state index in [2.05, 4.69) is 22.8 Å². The molecule has 0 spiro atoms. The number of thiazole rings is 1. The van der Waals surface area contributed by atoms with E-state index >= 15 is 0 Å². The van der Waals surface area contributed by atoms with Gasteiger partial charge in [-0.05, 0) is 35.8 Å². The van der Waals surface area contributed by atoms with Crippen molar-refractivity contribution in [3.63, 3.8) is 0 Å². The van der Waals surface area contributed by atoms with Gasteiger partial charge >= 0.3 is 0 Å². The van der Waals surface area contributed by atoms with Crippen molar-refractivity contribution >= 4 is 33.8 Å². The zero-order valence-electron chi connectivity index (χ0n) is 18.6. The highest BCUT2D eigenvalue weighted by Gasteiger charge is 2.20. The fourth-order valence-corrected chi connectivity index (χ4v) is 5.52. The van der Waals surface area contributed by atoms with Crippen LogP contribution in [0.2, 0.25) is 0 Å². The molecule has 0 bridgehead atoms. The number of aromatic nitrogens is 4. The highest BCUT2D eigenvalue weighted by atomic mass is 32.1. The maximum Gasteiger partial charge on any atom is 0.269 e. The predicted octanol–water partition coefficient (Wildman–Crippen LogP) is 2.82. The summed E-state index contributed by atoms with van der Waals surface area (Å²) in [6, 6.07) is 13.5. The van der Waals surface area contributed by atoms with Gasteiger partial charge in [0.15, 0.2) is 5.82 Å². The van der Waals surface area contributed by atoms with Crippen molar-refractivity contribution in [2.75, 3.05) is 0 Å². The quantitative estimate of drug-likeness (QED) is 0.464. The topological polar surface area (TPSA) is 96.7 Å². The molecular weight excluding hydrogens is 446 g/mol. The van der Waals surface area contributed by atoms with Gasteiger partial charge in [0.05, 0.1) is 4.53 Å². The number of nitrogens with zero attached hydrogens (tertiary/aromatic N) is 5. The lowest BCUT2D eigenvalue weighted by Crippen LogP contribution is -2.32. The van der Waals surface area contributed by atoms with Crippen molar-refractivity contribution < 1.29 is 5.11 Å². The van der Waals surface area contributed by atoms with Crippen LogP contribution in [0.25, 0.3) is 22.4 Å². The molecule has 2 aromatic heterocycles. The highest BCUT2D eigenvalue weighted by molar-refractivity contribution is 7.07. The van der Waals surface area contributed by atoms with Gasteiger partial charge in [-0.3, -0.25) is 9.36 Å². The molecule has 7 nitrogen and oxygen atoms in total. The van der Waals surface area contributed by atoms with Gasteiger partial charge in [0.1, 0.15) is 27.9 Å². The minimum atomic E-state index is -0.240. The zero-order valence-corrected chi connectivity index (χ0v) is 19.4. The van der Waals surface area contributed by atoms with Crippen molar-refractivity contribution in [1.82, 2.24) is 19.3 Å². The average Bonchev–Trinajstić information content (AvgIpc) is 3.27. The first kappa shape index (κ1) is 21.9. The number of hydrogen-bond donors (Lipinski definition) is 1. The second kappa shape index (κ2) is 9.12. The number of fused-ring (bicyclic) bond motifs is 2. The molecule has 1 aliphatic heterocycles. The SMILES string of the molecule is C=CCn1c(=C(C#N)c2nnc3n2CCCCC3)sc(=Cc2c(O)ccc3ccccc23)c1=O. The van der Waals surface area contributed by atoms with Crippen LogP contribution in [0, 0.1) is 11.3 Å². The van der Waals surface area contributed by atoms with E-state index in [1.807, 2.05) is 34.9 Å². The Kier molecular flexibility index (Phi) is 5.86. The Balaban J connectivity index is 1.80. The van der Waals surface area contributed by atoms with Crippen LogP contribution in [-0.2, 0) is 19.5 Å². The van der Waals surface area contributed by atoms with Gasteiger partial charge in [0, 0.05) is 25.1 Å². The first-order chi connectivity index (χ1) is 16.6. The fraction of sp³-hybridized carbons (Fsp3) is 0.231. The Bertz CT molecular complexity index is 1630. The number of benzene rings is 2. The monoisotopic (exact) mass is 469 g/mol. The van der Waals surface area contributed by atoms with Crippen LogP contribution in [0.5, 0.6) is 5.75 Å². The maximum atomic E-state index is 13.4. The van der Waals surface area contributed by atoms with Crippen molar-refractivity contribution in [2.24, 2.45) is 0 Å². The summed E-state index contributed by atoms with van der Waals surface area (Å²) in [6.45, 7) is 4.80. The van der Waals surface area contributed by atoms with E-state index in [0.29, 0.717) is 26.2 Å². The molecule has 3 heterocycles. The second-order valence-corrected chi connectivity index (χ2v) is 9.26. The van der Waals surface area contributed by atoms with Crippen LogP contribution in [0.1, 0.15) is 36.5 Å². The summed E-state index contributed by atoms with van der Waals surface area (Å²) in [6.07, 6.45) is 7.32. The molecule has 0 fully saturated rings. The number of nitriles is 1. The summed E-state index contributed by atoms with van der Waals surface area (Å²) in [5, 5.41) is 31.2. The number of hydrogen-bond acceptors (Lipinski definition) is 6. The van der Waals surface area contributed by atoms with Gasteiger partial charge in [-0.2, -0.15) is 5.26 Å². The van der Waals surface area contributed by atoms with Gasteiger partial charge in [-0.15, -0.1) is 28.1 Å². The van der Waals surface area contributed by atoms with Crippen LogP contribution >= 0.6 is 11.3 Å². The van der Waals surface area contributed by atoms with Gasteiger partial charge in [0.25, 0.3) is 5.56 Å². The summed E-state index contributed by atoms with van der Waals surface area (Å²) in [5.74, 6) is 1.47. The molecule has 0 saturated heterocycles. The molecule has 4 aromatic rings. The smallest absolute Gasteiger partial charge is 0.269 e. The van der Waals surface area contributed by atoms with E-state index in [0.717, 1.165) is 48.8 Å². The summed E-state index contributed by atoms with van der Waals surface area (Å²) in [7, 11) is 0. The minimum absolute atomic E-state index is 0.0931. The molecule has 34 heavy (non-hydrogen) atoms. The average molecular weight is 470 g/mol. The van der Waals surface area contributed by atoms with Crippen molar-refractivity contribution in [2.45, 2.75) is 38.8 Å². The predicted molar refractivity (Wildman–Crippen MR) is 133 cm³/mol. The number of aromatic hydroxyl groups is 1. The normalized spacial score (nSPS) is 15.0. The summed E-state index contributed by atoms with van der Waals surface area (Å²) in [4.78, 5) is 13.4. The van der Waals surface area contributed by atoms with Crippen molar-refractivity contribution in [1.29, 1.82) is 5.26 Å². The Morgan fingerprint density at radius 1 is 1.21 bits per heavy atom. The van der Waals surface area contributed by atoms with Crippen LogP contribution in [0.4, 0.5) is 0 Å². The Morgan fingerprint density at radius 3 is 2.88 bits per heavy atom. The molecule has 5 rings (SSSR count). The molecular formula is C26H23N5O2S. The number of rotatable bonds is 4. The second-order valence-electron chi connectivity index (χ2n) is 8.23. The van der Waals surface area contributed by atoms with Crippen molar-refractivity contribution in [3.05, 3.63) is 85.8 Å². The minimum Gasteiger partial charge on any atom is -0.507 e. The van der Waals surface area contributed by atoms with E-state index in [1.54, 1.807) is 22.8 Å². The maximum absolute atomic E-state index is 13.4. The molecule has 0 amide bonds. The van der Waals surface area contributed by atoms with E-state index in [9.17, 15) is 15.2 Å². The van der Waals surface area contributed by atoms with E-state index in [4.69, 9.17) is 0 Å². The first-order valence-corrected chi connectivity index (χ1v) is 12.0. The van der Waals surface area contributed by atoms with Crippen LogP contribution in [0.15, 0.2) is 53.8 Å². The third kappa shape index (κ3) is 3.74. The van der Waals surface area contributed by atoms with Gasteiger partial charge in [-0.25, -0.2) is 0 Å². The molecule has 0 unspecified atom stereocenters. The van der Waals surface area contributed by atoms with Gasteiger partial charge in [0.2, 0.25) is 0 Å². The number of phenols is 1. The number of phenolic OH excluding ortho intramolecular Hbond substituents is 1. The first-order valence-electron chi connectivity index (χ1n) is 11.2. The highest BCUT2D eigenvalue weighted by Crippen LogP contribution is 2.27. The van der Waals surface area contributed by atoms with Crippen molar-refractivity contribution in [3.8, 4) is 11.8 Å². The number of aryl methyl sites for hydroxylation is 1. The summed E-state index contributed by atoms with van der Waals surface area (Å²) >= 11 is 1.22. The lowest BCUT2D eigenvalue weighted by Gasteiger charge is -2.06. The van der Waals surface area contributed by atoms with E-state index < -0.39 is 0 Å². The fourth-order valence-electron chi connectivity index (χ4n) is 4.43. The van der Waals surface area contributed by atoms with Gasteiger partial charge in [-0.1, -0.05) is 42.8 Å². The molecule has 0 saturated carbocycles. The Hall–Kier alpha value is -3.96. The third-order valence-corrected chi connectivity index (χ3v) is 7.23. The lowest BCUT2D eigenvalue weighted by molar-refractivity contribution is 0.475. The molecule has 8 heteroatoms. The summed E-state index contributed by atoms with van der Waals surface area (Å²) in [5.41, 5.74) is 0.658. The molecule has 0 aliphatic carbocycles. The Morgan fingerprint density at radius 2 is 2.06 bits per heavy atom. The standard InChI is InChI=1S/C26H23N5O2S/c1-2-13-31-25(33)22(15-19-18-9-6-5-8-17(18)11-12-21(19)32)34-26(31)20(16-27)24-29-28-23-10-4-3-7-14-30(23)24/h2,5-6,8-9,11-12,15,32H,1,3-4,7,10,13-14H2. The number of allylic oxidation sites excluding steroid dienone is 1. The van der Waals surface area contributed by atoms with Gasteiger partial charge < -0.3 is 9.67 Å². The van der Waals surface area contributed by atoms with Crippen LogP contribution < -0.4 is 14.8 Å². The Labute approximate surface area is 199 Å².